The number of hydrogen-bond acceptors (Lipinski definition) is 0. The zero-order valence-corrected chi connectivity index (χ0v) is 89.8. The van der Waals surface area contributed by atoms with Crippen molar-refractivity contribution in [1.82, 2.24) is 0 Å². The summed E-state index contributed by atoms with van der Waals surface area (Å²) in [5, 5.41) is 0. The molecule has 0 aliphatic heterocycles. The molecule has 135 heavy (non-hydrogen) atoms. The van der Waals surface area contributed by atoms with Crippen LogP contribution in [-0.4, -0.2) is 6.18 Å². The maximum Gasteiger partial charge on any atom is 0.394 e. The number of halogens is 3. The third kappa shape index (κ3) is 30.4. The van der Waals surface area contributed by atoms with Gasteiger partial charge in [0, 0.05) is 0 Å². The largest absolute Gasteiger partial charge is 0.394 e. The van der Waals surface area contributed by atoms with Crippen LogP contribution in [0.1, 0.15) is 289 Å². The van der Waals surface area contributed by atoms with Crippen molar-refractivity contribution in [2.24, 2.45) is 16.7 Å². The van der Waals surface area contributed by atoms with E-state index in [1.807, 2.05) is 12.1 Å². The molecule has 0 spiro atoms. The van der Waals surface area contributed by atoms with E-state index in [4.69, 9.17) is 0 Å². The van der Waals surface area contributed by atoms with Gasteiger partial charge in [-0.3, -0.25) is 0 Å². The number of aryl methyl sites for hydroxylation is 15. The van der Waals surface area contributed by atoms with Crippen LogP contribution in [0.4, 0.5) is 13.2 Å². The van der Waals surface area contributed by atoms with Gasteiger partial charge in [-0.1, -0.05) is 364 Å². The fourth-order valence-electron chi connectivity index (χ4n) is 18.1. The zero-order valence-electron chi connectivity index (χ0n) is 89.8. The number of hydrogen-bond donors (Lipinski definition) is 0. The summed E-state index contributed by atoms with van der Waals surface area (Å²) in [6.45, 7) is 80.1. The van der Waals surface area contributed by atoms with Crippen LogP contribution in [0.15, 0.2) is 249 Å². The van der Waals surface area contributed by atoms with Gasteiger partial charge >= 0.3 is 6.18 Å². The summed E-state index contributed by atoms with van der Waals surface area (Å²) in [4.78, 5) is 0. The Balaban J connectivity index is 0.000000194. The molecule has 0 aromatic heterocycles. The van der Waals surface area contributed by atoms with Crippen LogP contribution in [0.25, 0.3) is 77.9 Å². The smallest absolute Gasteiger partial charge is 0.171 e. The molecule has 14 aromatic rings. The van der Waals surface area contributed by atoms with Gasteiger partial charge in [0.1, 0.15) is 0 Å². The minimum atomic E-state index is -4.20. The van der Waals surface area contributed by atoms with Crippen molar-refractivity contribution < 1.29 is 13.2 Å². The Hall–Kier alpha value is -11.1. The summed E-state index contributed by atoms with van der Waals surface area (Å²) in [6.07, 6.45) is -1.92. The lowest BCUT2D eigenvalue weighted by Gasteiger charge is -2.27. The maximum atomic E-state index is 13.0. The van der Waals surface area contributed by atoms with Gasteiger partial charge in [-0.05, 0) is 435 Å². The summed E-state index contributed by atoms with van der Waals surface area (Å²) in [5.41, 5.74) is 56.2. The molecule has 0 heterocycles. The van der Waals surface area contributed by atoms with Crippen molar-refractivity contribution in [2.75, 3.05) is 0 Å². The highest BCUT2D eigenvalue weighted by molar-refractivity contribution is 5.75. The second-order valence-corrected chi connectivity index (χ2v) is 42.7. The molecule has 0 radical (unpaired) electrons. The predicted molar refractivity (Wildman–Crippen MR) is 589 cm³/mol. The lowest BCUT2D eigenvalue weighted by atomic mass is 9.84. The third-order valence-corrected chi connectivity index (χ3v) is 27.7. The van der Waals surface area contributed by atoms with E-state index < -0.39 is 11.6 Å². The van der Waals surface area contributed by atoms with E-state index in [9.17, 15) is 13.2 Å². The van der Waals surface area contributed by atoms with E-state index in [0.717, 1.165) is 29.9 Å². The number of alkyl halides is 3. The molecule has 14 rings (SSSR count). The van der Waals surface area contributed by atoms with E-state index in [-0.39, 0.29) is 6.42 Å². The second-order valence-electron chi connectivity index (χ2n) is 42.7. The minimum absolute atomic E-state index is 0.0112. The Bertz CT molecular complexity index is 6120. The third-order valence-electron chi connectivity index (χ3n) is 27.7. The fraction of sp³-hybridized carbons (Fsp3) is 0.364. The summed E-state index contributed by atoms with van der Waals surface area (Å²) in [6, 6.07) is 90.2. The first-order chi connectivity index (χ1) is 63.1. The van der Waals surface area contributed by atoms with Crippen molar-refractivity contribution in [2.45, 2.75) is 305 Å². The number of benzene rings is 14. The predicted octanol–water partition coefficient (Wildman–Crippen LogP) is 39.7. The van der Waals surface area contributed by atoms with Crippen molar-refractivity contribution in [3.8, 4) is 77.9 Å². The Morgan fingerprint density at radius 1 is 0.207 bits per heavy atom. The molecule has 3 heteroatoms. The Morgan fingerprint density at radius 3 is 0.778 bits per heavy atom. The Morgan fingerprint density at radius 2 is 0.474 bits per heavy atom. The standard InChI is InChI=1S/C21H28.C20H23F3.C20H26.2C19H24.C17H20.C16H18/c1-14-11-19(12-15(2)17(14)4)20-9-8-18(10-16(20)3)13-21(5,6)7;1-13-10-18(11-14(2)15(13)3)17-8-6-16(7-9-17)12-19(4,5)20(21,22)23;1-13(2)19-11-18(12-20(14(3)4)16(19)6)17-9-7-15(5)8-10-17;1-13(2)10-17-6-8-18(9-7-17)19-11-14(3)16(5)15(4)12-19;1-13(2)18-11-17(16-9-7-6-8-10-16)12-19(14(3)4)15(18)5;1-11-6-7-17(14(4)8-11)16-9-12(2)15(5)13(3)10-16;1-11-7-5-6-8-16(11)15-9-12(2)14(4)13(3)10-15/h8-12H,13H2,1-7H3;6-11H,12H2,1-5H3;7-14H,1-6H3;6-9,11-13H,10H2,1-5H3;6-14H,1-5H3;6-10H,1-5H3;5-10H,1-4H3. The lowest BCUT2D eigenvalue weighted by molar-refractivity contribution is -0.211. The van der Waals surface area contributed by atoms with Crippen LogP contribution in [0, 0.1) is 169 Å². The molecule has 0 N–H and O–H groups in total. The highest BCUT2D eigenvalue weighted by Crippen LogP contribution is 2.42. The number of rotatable bonds is 16. The van der Waals surface area contributed by atoms with Crippen molar-refractivity contribution >= 4 is 0 Å². The molecule has 0 nitrogen and oxygen atoms in total. The van der Waals surface area contributed by atoms with Gasteiger partial charge < -0.3 is 0 Å². The molecule has 0 bridgehead atoms. The van der Waals surface area contributed by atoms with Gasteiger partial charge in [0.2, 0.25) is 0 Å². The van der Waals surface area contributed by atoms with Crippen molar-refractivity contribution in [1.29, 1.82) is 0 Å². The SMILES string of the molecule is Cc1c(C(C)C)cc(-c2ccccc2)cc1C(C)C.Cc1cc(-c2ccc(CC(C)(C)C(F)(F)F)cc2)cc(C)c1C.Cc1cc(-c2ccc(CC(C)C)cc2)cc(C)c1C.Cc1cc(CC(C)(C)C)ccc1-c1cc(C)c(C)c(C)c1.Cc1ccc(-c2cc(C(C)C)c(C)c(C(C)C)c2)cc1.Cc1ccc(-c2cc(C)c(C)c(C)c2)c(C)c1.Cc1ccccc1-c1cc(C)c(C)c(C)c1. The summed E-state index contributed by atoms with van der Waals surface area (Å²) < 4.78 is 39.0. The second kappa shape index (κ2) is 48.1. The summed E-state index contributed by atoms with van der Waals surface area (Å²) in [5.74, 6) is 2.99. The van der Waals surface area contributed by atoms with Crippen LogP contribution in [0.2, 0.25) is 0 Å². The quantitative estimate of drug-likeness (QED) is 0.0904. The van der Waals surface area contributed by atoms with Crippen LogP contribution < -0.4 is 0 Å². The van der Waals surface area contributed by atoms with Crippen molar-refractivity contribution in [3.05, 3.63) is 410 Å². The molecule has 0 saturated carbocycles. The zero-order chi connectivity index (χ0) is 100. The van der Waals surface area contributed by atoms with Crippen LogP contribution in [0.5, 0.6) is 0 Å². The van der Waals surface area contributed by atoms with Gasteiger partial charge in [-0.2, -0.15) is 13.2 Å². The highest BCUT2D eigenvalue weighted by Gasteiger charge is 2.47. The van der Waals surface area contributed by atoms with Crippen LogP contribution >= 0.6 is 0 Å². The maximum absolute atomic E-state index is 13.0. The van der Waals surface area contributed by atoms with Crippen molar-refractivity contribution in [3.63, 3.8) is 0 Å². The molecule has 0 fully saturated rings. The first-order valence-corrected chi connectivity index (χ1v) is 49.4. The lowest BCUT2D eigenvalue weighted by Crippen LogP contribution is -2.34. The van der Waals surface area contributed by atoms with E-state index in [0.29, 0.717) is 34.7 Å². The van der Waals surface area contributed by atoms with E-state index >= 15 is 0 Å². The molecule has 0 amide bonds. The average Bonchev–Trinajstić information content (AvgIpc) is 0.783. The first kappa shape index (κ1) is 109. The molecule has 0 unspecified atom stereocenters. The normalized spacial score (nSPS) is 11.4. The van der Waals surface area contributed by atoms with Crippen LogP contribution in [0.3, 0.4) is 0 Å². The molecule has 0 aliphatic rings. The Kier molecular flexibility index (Phi) is 38.9. The summed E-state index contributed by atoms with van der Waals surface area (Å²) >= 11 is 0. The molecular formula is C132H163F3. The van der Waals surface area contributed by atoms with Crippen LogP contribution in [-0.2, 0) is 19.3 Å². The van der Waals surface area contributed by atoms with E-state index in [1.54, 1.807) is 12.1 Å². The molecule has 14 aromatic carbocycles. The molecule has 0 aliphatic carbocycles. The van der Waals surface area contributed by atoms with Gasteiger partial charge in [0.05, 0.1) is 5.41 Å². The average molecular weight is 1810 g/mol. The summed E-state index contributed by atoms with van der Waals surface area (Å²) in [7, 11) is 0. The molecule has 712 valence electrons. The van der Waals surface area contributed by atoms with E-state index in [2.05, 4.69) is 467 Å². The van der Waals surface area contributed by atoms with Gasteiger partial charge in [0.25, 0.3) is 0 Å². The fourth-order valence-corrected chi connectivity index (χ4v) is 18.1. The van der Waals surface area contributed by atoms with Gasteiger partial charge in [-0.15, -0.1) is 0 Å². The van der Waals surface area contributed by atoms with Gasteiger partial charge in [0.15, 0.2) is 0 Å². The molecule has 0 atom stereocenters. The Labute approximate surface area is 817 Å². The molecule has 0 saturated heterocycles. The van der Waals surface area contributed by atoms with E-state index in [1.165, 1.54) is 236 Å². The topological polar surface area (TPSA) is 0 Å². The highest BCUT2D eigenvalue weighted by atomic mass is 19.4. The first-order valence-electron chi connectivity index (χ1n) is 49.4. The molecular weight excluding hydrogens is 1640 g/mol. The monoisotopic (exact) mass is 1810 g/mol. The van der Waals surface area contributed by atoms with Gasteiger partial charge in [-0.25, -0.2) is 0 Å². The minimum Gasteiger partial charge on any atom is -0.171 e.